The fourth-order valence-electron chi connectivity index (χ4n) is 3.26. The highest BCUT2D eigenvalue weighted by Gasteiger charge is 2.40. The summed E-state index contributed by atoms with van der Waals surface area (Å²) in [7, 11) is 0. The number of hydrogen-bond donors (Lipinski definition) is 1. The van der Waals surface area contributed by atoms with Crippen LogP contribution in [0.2, 0.25) is 0 Å². The molecule has 1 aliphatic heterocycles. The van der Waals surface area contributed by atoms with Gasteiger partial charge in [0.15, 0.2) is 0 Å². The maximum Gasteiger partial charge on any atom is 0.282 e. The number of aryl methyl sites for hydroxylation is 1. The summed E-state index contributed by atoms with van der Waals surface area (Å²) in [6, 6.07) is 18.4. The first-order valence-electron chi connectivity index (χ1n) is 9.71. The molecule has 2 aromatic carbocycles. The van der Waals surface area contributed by atoms with Crippen LogP contribution < -0.4 is 15.0 Å². The molecular weight excluding hydrogens is 396 g/mol. The molecule has 0 atom stereocenters. The molecule has 4 rings (SSSR count). The number of nitrogens with zero attached hydrogens (tertiary/aromatic N) is 1. The second kappa shape index (κ2) is 8.16. The van der Waals surface area contributed by atoms with Crippen molar-refractivity contribution in [2.75, 3.05) is 10.2 Å². The van der Waals surface area contributed by atoms with Gasteiger partial charge in [0.2, 0.25) is 0 Å². The van der Waals surface area contributed by atoms with Crippen LogP contribution in [0.1, 0.15) is 24.3 Å². The van der Waals surface area contributed by atoms with Crippen LogP contribution in [-0.4, -0.2) is 17.9 Å². The number of nitrogens with one attached hydrogen (secondary N) is 1. The first-order chi connectivity index (χ1) is 14.4. The highest BCUT2D eigenvalue weighted by atomic mass is 32.1. The number of anilines is 2. The lowest BCUT2D eigenvalue weighted by atomic mass is 10.1. The molecular formula is C24H22N2O3S. The predicted octanol–water partition coefficient (Wildman–Crippen LogP) is 5.24. The molecule has 3 aromatic rings. The zero-order valence-corrected chi connectivity index (χ0v) is 17.8. The number of ether oxygens (including phenoxy) is 1. The molecule has 0 saturated heterocycles. The SMILES string of the molecule is Cc1ccc(NC2=C(c3cccs3)C(=O)N(c3ccc(OC(C)C)cc3)C2=O)cc1. The smallest absolute Gasteiger partial charge is 0.282 e. The van der Waals surface area contributed by atoms with Gasteiger partial charge in [0.25, 0.3) is 11.8 Å². The lowest BCUT2D eigenvalue weighted by Gasteiger charge is -2.16. The number of carbonyl (C=O) groups is 2. The standard InChI is InChI=1S/C24H22N2O3S/c1-15(2)29-19-12-10-18(11-13-19)26-23(27)21(20-5-4-14-30-20)22(24(26)28)25-17-8-6-16(3)7-9-17/h4-15,25H,1-3H3. The monoisotopic (exact) mass is 418 g/mol. The maximum atomic E-state index is 13.3. The average Bonchev–Trinajstić information content (AvgIpc) is 3.31. The van der Waals surface area contributed by atoms with E-state index in [2.05, 4.69) is 5.32 Å². The van der Waals surface area contributed by atoms with E-state index in [0.717, 1.165) is 16.1 Å². The molecule has 30 heavy (non-hydrogen) atoms. The lowest BCUT2D eigenvalue weighted by Crippen LogP contribution is -2.32. The van der Waals surface area contributed by atoms with Gasteiger partial charge in [-0.05, 0) is 68.6 Å². The summed E-state index contributed by atoms with van der Waals surface area (Å²) in [5, 5.41) is 5.07. The zero-order valence-electron chi connectivity index (χ0n) is 17.0. The summed E-state index contributed by atoms with van der Waals surface area (Å²) in [4.78, 5) is 28.6. The normalized spacial score (nSPS) is 14.1. The van der Waals surface area contributed by atoms with Crippen LogP contribution in [-0.2, 0) is 9.59 Å². The summed E-state index contributed by atoms with van der Waals surface area (Å²) >= 11 is 1.43. The molecule has 6 heteroatoms. The molecule has 2 amide bonds. The van der Waals surface area contributed by atoms with E-state index in [1.165, 1.54) is 16.2 Å². The van der Waals surface area contributed by atoms with Gasteiger partial charge >= 0.3 is 0 Å². The Morgan fingerprint density at radius 2 is 1.63 bits per heavy atom. The predicted molar refractivity (Wildman–Crippen MR) is 121 cm³/mol. The number of rotatable bonds is 6. The van der Waals surface area contributed by atoms with E-state index in [9.17, 15) is 9.59 Å². The van der Waals surface area contributed by atoms with Crippen LogP contribution in [0.4, 0.5) is 11.4 Å². The van der Waals surface area contributed by atoms with Gasteiger partial charge in [0, 0.05) is 10.6 Å². The van der Waals surface area contributed by atoms with E-state index >= 15 is 0 Å². The average molecular weight is 419 g/mol. The summed E-state index contributed by atoms with van der Waals surface area (Å²) < 4.78 is 5.67. The highest BCUT2D eigenvalue weighted by molar-refractivity contribution is 7.11. The summed E-state index contributed by atoms with van der Waals surface area (Å²) in [6.45, 7) is 5.89. The Morgan fingerprint density at radius 3 is 2.23 bits per heavy atom. The van der Waals surface area contributed by atoms with Crippen molar-refractivity contribution in [3.05, 3.63) is 82.2 Å². The van der Waals surface area contributed by atoms with Crippen molar-refractivity contribution in [2.45, 2.75) is 26.9 Å². The number of amides is 2. The van der Waals surface area contributed by atoms with Gasteiger partial charge in [-0.3, -0.25) is 9.59 Å². The van der Waals surface area contributed by atoms with Gasteiger partial charge in [-0.15, -0.1) is 11.3 Å². The molecule has 152 valence electrons. The fourth-order valence-corrected chi connectivity index (χ4v) is 4.02. The van der Waals surface area contributed by atoms with E-state index < -0.39 is 0 Å². The lowest BCUT2D eigenvalue weighted by molar-refractivity contribution is -0.120. The number of carbonyl (C=O) groups excluding carboxylic acids is 2. The van der Waals surface area contributed by atoms with Gasteiger partial charge in [-0.1, -0.05) is 23.8 Å². The van der Waals surface area contributed by atoms with Gasteiger partial charge in [-0.2, -0.15) is 0 Å². The van der Waals surface area contributed by atoms with E-state index in [-0.39, 0.29) is 23.6 Å². The van der Waals surface area contributed by atoms with Crippen LogP contribution >= 0.6 is 11.3 Å². The zero-order chi connectivity index (χ0) is 21.3. The van der Waals surface area contributed by atoms with Crippen molar-refractivity contribution >= 4 is 40.1 Å². The second-order valence-corrected chi connectivity index (χ2v) is 8.27. The van der Waals surface area contributed by atoms with Gasteiger partial charge in [0.1, 0.15) is 11.4 Å². The molecule has 0 aliphatic carbocycles. The van der Waals surface area contributed by atoms with Crippen LogP contribution in [0.3, 0.4) is 0 Å². The Kier molecular flexibility index (Phi) is 5.42. The fraction of sp³-hybridized carbons (Fsp3) is 0.167. The third kappa shape index (κ3) is 3.86. The quantitative estimate of drug-likeness (QED) is 0.556. The summed E-state index contributed by atoms with van der Waals surface area (Å²) in [6.07, 6.45) is 0.0447. The second-order valence-electron chi connectivity index (χ2n) is 7.32. The first kappa shape index (κ1) is 19.9. The third-order valence-corrected chi connectivity index (χ3v) is 5.53. The van der Waals surface area contributed by atoms with Crippen molar-refractivity contribution in [1.82, 2.24) is 0 Å². The third-order valence-electron chi connectivity index (χ3n) is 4.64. The van der Waals surface area contributed by atoms with Crippen LogP contribution in [0.15, 0.2) is 71.7 Å². The molecule has 1 N–H and O–H groups in total. The first-order valence-corrected chi connectivity index (χ1v) is 10.6. The molecule has 0 unspecified atom stereocenters. The maximum absolute atomic E-state index is 13.3. The largest absolute Gasteiger partial charge is 0.491 e. The van der Waals surface area contributed by atoms with E-state index in [0.29, 0.717) is 17.0 Å². The summed E-state index contributed by atoms with van der Waals surface area (Å²) in [5.41, 5.74) is 3.06. The molecule has 0 bridgehead atoms. The number of thiophene rings is 1. The van der Waals surface area contributed by atoms with E-state index in [4.69, 9.17) is 4.74 Å². The van der Waals surface area contributed by atoms with Gasteiger partial charge < -0.3 is 10.1 Å². The van der Waals surface area contributed by atoms with Crippen molar-refractivity contribution in [1.29, 1.82) is 0 Å². The molecule has 2 heterocycles. The number of imide groups is 1. The molecule has 0 spiro atoms. The minimum absolute atomic E-state index is 0.0447. The minimum Gasteiger partial charge on any atom is -0.491 e. The summed E-state index contributed by atoms with van der Waals surface area (Å²) in [5.74, 6) is -0.0200. The van der Waals surface area contributed by atoms with E-state index in [1.807, 2.05) is 62.5 Å². The Bertz CT molecular complexity index is 1100. The Hall–Kier alpha value is -3.38. The van der Waals surface area contributed by atoms with Crippen molar-refractivity contribution in [2.24, 2.45) is 0 Å². The van der Waals surface area contributed by atoms with Gasteiger partial charge in [0.05, 0.1) is 17.4 Å². The van der Waals surface area contributed by atoms with Crippen LogP contribution in [0.5, 0.6) is 5.75 Å². The Balaban J connectivity index is 1.70. The van der Waals surface area contributed by atoms with Crippen molar-refractivity contribution in [3.8, 4) is 5.75 Å². The molecule has 0 saturated carbocycles. The molecule has 5 nitrogen and oxygen atoms in total. The minimum atomic E-state index is -0.374. The number of hydrogen-bond acceptors (Lipinski definition) is 5. The molecule has 1 aromatic heterocycles. The van der Waals surface area contributed by atoms with E-state index in [1.54, 1.807) is 24.3 Å². The van der Waals surface area contributed by atoms with Gasteiger partial charge in [-0.25, -0.2) is 4.90 Å². The number of benzene rings is 2. The van der Waals surface area contributed by atoms with Crippen LogP contribution in [0, 0.1) is 6.92 Å². The Morgan fingerprint density at radius 1 is 0.933 bits per heavy atom. The highest BCUT2D eigenvalue weighted by Crippen LogP contribution is 2.36. The topological polar surface area (TPSA) is 58.6 Å². The van der Waals surface area contributed by atoms with Crippen LogP contribution in [0.25, 0.3) is 5.57 Å². The molecule has 0 fully saturated rings. The Labute approximate surface area is 179 Å². The molecule has 0 radical (unpaired) electrons. The van der Waals surface area contributed by atoms with Crippen molar-refractivity contribution < 1.29 is 14.3 Å². The molecule has 1 aliphatic rings. The van der Waals surface area contributed by atoms with Crippen molar-refractivity contribution in [3.63, 3.8) is 0 Å².